The molecular weight excluding hydrogens is 380 g/mol. The maximum absolute atomic E-state index is 12.3. The zero-order valence-electron chi connectivity index (χ0n) is 15.8. The van der Waals surface area contributed by atoms with E-state index in [0.717, 1.165) is 17.4 Å². The van der Waals surface area contributed by atoms with Gasteiger partial charge in [0.05, 0.1) is 17.5 Å². The average Bonchev–Trinajstić information content (AvgIpc) is 2.64. The minimum Gasteiger partial charge on any atom is -0.452 e. The smallest absolute Gasteiger partial charge is 0.338 e. The Morgan fingerprint density at radius 1 is 1.18 bits per heavy atom. The number of rotatable bonds is 5. The second-order valence-corrected chi connectivity index (χ2v) is 8.68. The van der Waals surface area contributed by atoms with E-state index in [4.69, 9.17) is 4.74 Å². The van der Waals surface area contributed by atoms with Crippen molar-refractivity contribution in [3.05, 3.63) is 59.2 Å². The number of nitrogens with one attached hydrogen (secondary N) is 1. The molecule has 0 aliphatic carbocycles. The van der Waals surface area contributed by atoms with Crippen molar-refractivity contribution >= 4 is 33.3 Å². The number of hydrogen-bond donors (Lipinski definition) is 1. The van der Waals surface area contributed by atoms with Crippen molar-refractivity contribution in [2.45, 2.75) is 19.8 Å². The molecule has 2 aromatic rings. The Balaban J connectivity index is 1.64. The molecule has 1 aliphatic heterocycles. The number of carbonyl (C=O) groups is 2. The number of hydrogen-bond acceptors (Lipinski definition) is 5. The summed E-state index contributed by atoms with van der Waals surface area (Å²) in [6.07, 6.45) is 2.52. The number of esters is 1. The molecule has 0 atom stereocenters. The quantitative estimate of drug-likeness (QED) is 0.776. The molecule has 1 aliphatic rings. The minimum absolute atomic E-state index is 0.289. The first-order valence-electron chi connectivity index (χ1n) is 8.88. The second kappa shape index (κ2) is 8.02. The number of carbonyl (C=O) groups excluding carboxylic acids is 2. The zero-order valence-corrected chi connectivity index (χ0v) is 16.6. The summed E-state index contributed by atoms with van der Waals surface area (Å²) >= 11 is 0. The number of benzene rings is 2. The van der Waals surface area contributed by atoms with Gasteiger partial charge in [0.15, 0.2) is 6.61 Å². The van der Waals surface area contributed by atoms with Gasteiger partial charge in [-0.15, -0.1) is 0 Å². The molecule has 7 nitrogen and oxygen atoms in total. The van der Waals surface area contributed by atoms with Crippen molar-refractivity contribution in [2.75, 3.05) is 29.0 Å². The maximum atomic E-state index is 12.3. The van der Waals surface area contributed by atoms with Crippen LogP contribution in [0.25, 0.3) is 0 Å². The first-order valence-corrected chi connectivity index (χ1v) is 10.7. The predicted molar refractivity (Wildman–Crippen MR) is 107 cm³/mol. The van der Waals surface area contributed by atoms with Crippen LogP contribution in [-0.2, 0) is 26.0 Å². The maximum Gasteiger partial charge on any atom is 0.338 e. The minimum atomic E-state index is -3.36. The van der Waals surface area contributed by atoms with Crippen LogP contribution in [-0.4, -0.2) is 39.7 Å². The van der Waals surface area contributed by atoms with Crippen LogP contribution in [0.5, 0.6) is 0 Å². The van der Waals surface area contributed by atoms with Gasteiger partial charge in [-0.05, 0) is 61.2 Å². The van der Waals surface area contributed by atoms with Crippen molar-refractivity contribution in [1.29, 1.82) is 0 Å². The molecule has 148 valence electrons. The molecule has 0 unspecified atom stereocenters. The number of fused-ring (bicyclic) bond motifs is 1. The third-order valence-electron chi connectivity index (χ3n) is 4.43. The SMILES string of the molecule is Cc1cccc(NC(=O)COC(=O)c2ccc3c(c2)CCCN3S(C)(=O)=O)c1. The van der Waals surface area contributed by atoms with E-state index in [9.17, 15) is 18.0 Å². The molecule has 0 saturated heterocycles. The lowest BCUT2D eigenvalue weighted by atomic mass is 10.0. The molecule has 0 fully saturated rings. The molecule has 1 amide bonds. The molecule has 0 aromatic heterocycles. The van der Waals surface area contributed by atoms with E-state index >= 15 is 0 Å². The van der Waals surface area contributed by atoms with Gasteiger partial charge in [-0.1, -0.05) is 12.1 Å². The molecule has 3 rings (SSSR count). The van der Waals surface area contributed by atoms with Gasteiger partial charge in [0, 0.05) is 12.2 Å². The van der Waals surface area contributed by atoms with Crippen LogP contribution in [0.3, 0.4) is 0 Å². The van der Waals surface area contributed by atoms with Crippen LogP contribution in [0.2, 0.25) is 0 Å². The summed E-state index contributed by atoms with van der Waals surface area (Å²) in [7, 11) is -3.36. The Hall–Kier alpha value is -2.87. The number of anilines is 2. The topological polar surface area (TPSA) is 92.8 Å². The van der Waals surface area contributed by atoms with Crippen LogP contribution in [0.4, 0.5) is 11.4 Å². The van der Waals surface area contributed by atoms with Crippen LogP contribution in [0.15, 0.2) is 42.5 Å². The van der Waals surface area contributed by atoms with Crippen LogP contribution in [0.1, 0.15) is 27.9 Å². The van der Waals surface area contributed by atoms with Crippen molar-refractivity contribution in [3.8, 4) is 0 Å². The molecule has 8 heteroatoms. The summed E-state index contributed by atoms with van der Waals surface area (Å²) in [4.78, 5) is 24.3. The van der Waals surface area contributed by atoms with E-state index in [0.29, 0.717) is 30.8 Å². The van der Waals surface area contributed by atoms with Crippen molar-refractivity contribution in [2.24, 2.45) is 0 Å². The molecular formula is C20H22N2O5S. The summed E-state index contributed by atoms with van der Waals surface area (Å²) < 4.78 is 30.3. The van der Waals surface area contributed by atoms with Crippen LogP contribution >= 0.6 is 0 Å². The average molecular weight is 402 g/mol. The monoisotopic (exact) mass is 402 g/mol. The molecule has 0 bridgehead atoms. The Bertz CT molecular complexity index is 1020. The lowest BCUT2D eigenvalue weighted by Crippen LogP contribution is -2.34. The van der Waals surface area contributed by atoms with Crippen LogP contribution < -0.4 is 9.62 Å². The Kier molecular flexibility index (Phi) is 5.69. The highest BCUT2D eigenvalue weighted by Crippen LogP contribution is 2.30. The lowest BCUT2D eigenvalue weighted by Gasteiger charge is -2.29. The highest BCUT2D eigenvalue weighted by Gasteiger charge is 2.25. The fourth-order valence-corrected chi connectivity index (χ4v) is 4.16. The van der Waals surface area contributed by atoms with Gasteiger partial charge in [-0.25, -0.2) is 13.2 Å². The number of aryl methyl sites for hydroxylation is 2. The normalized spacial score (nSPS) is 13.6. The van der Waals surface area contributed by atoms with E-state index < -0.39 is 28.5 Å². The Morgan fingerprint density at radius 3 is 2.68 bits per heavy atom. The highest BCUT2D eigenvalue weighted by atomic mass is 32.2. The molecule has 2 aromatic carbocycles. The molecule has 1 heterocycles. The Morgan fingerprint density at radius 2 is 1.96 bits per heavy atom. The third kappa shape index (κ3) is 4.69. The van der Waals surface area contributed by atoms with Gasteiger partial charge in [0.1, 0.15) is 0 Å². The van der Waals surface area contributed by atoms with E-state index in [1.807, 2.05) is 25.1 Å². The lowest BCUT2D eigenvalue weighted by molar-refractivity contribution is -0.119. The molecule has 28 heavy (non-hydrogen) atoms. The summed E-state index contributed by atoms with van der Waals surface area (Å²) in [6, 6.07) is 12.1. The fourth-order valence-electron chi connectivity index (χ4n) is 3.17. The van der Waals surface area contributed by atoms with E-state index in [2.05, 4.69) is 5.32 Å². The molecule has 0 radical (unpaired) electrons. The number of sulfonamides is 1. The van der Waals surface area contributed by atoms with Crippen molar-refractivity contribution in [1.82, 2.24) is 0 Å². The van der Waals surface area contributed by atoms with E-state index in [-0.39, 0.29) is 5.56 Å². The van der Waals surface area contributed by atoms with Gasteiger partial charge < -0.3 is 10.1 Å². The number of amides is 1. The molecule has 1 N–H and O–H groups in total. The predicted octanol–water partition coefficient (Wildman–Crippen LogP) is 2.50. The van der Waals surface area contributed by atoms with Gasteiger partial charge >= 0.3 is 5.97 Å². The van der Waals surface area contributed by atoms with Gasteiger partial charge in [-0.2, -0.15) is 0 Å². The fraction of sp³-hybridized carbons (Fsp3) is 0.300. The second-order valence-electron chi connectivity index (χ2n) is 6.78. The van der Waals surface area contributed by atoms with Gasteiger partial charge in [-0.3, -0.25) is 9.10 Å². The first kappa shape index (κ1) is 19.9. The zero-order chi connectivity index (χ0) is 20.3. The first-order chi connectivity index (χ1) is 13.2. The summed E-state index contributed by atoms with van der Waals surface area (Å²) in [5.41, 5.74) is 3.29. The molecule has 0 spiro atoms. The van der Waals surface area contributed by atoms with Crippen molar-refractivity contribution < 1.29 is 22.7 Å². The van der Waals surface area contributed by atoms with Crippen LogP contribution in [0, 0.1) is 6.92 Å². The van der Waals surface area contributed by atoms with Crippen molar-refractivity contribution in [3.63, 3.8) is 0 Å². The van der Waals surface area contributed by atoms with Gasteiger partial charge in [0.25, 0.3) is 5.91 Å². The number of ether oxygens (including phenoxy) is 1. The van der Waals surface area contributed by atoms with Gasteiger partial charge in [0.2, 0.25) is 10.0 Å². The van der Waals surface area contributed by atoms with E-state index in [1.165, 1.54) is 10.4 Å². The summed E-state index contributed by atoms with van der Waals surface area (Å²) in [5.74, 6) is -1.06. The third-order valence-corrected chi connectivity index (χ3v) is 5.61. The number of nitrogens with zero attached hydrogens (tertiary/aromatic N) is 1. The summed E-state index contributed by atoms with van der Waals surface area (Å²) in [5, 5.41) is 2.67. The standard InChI is InChI=1S/C20H22N2O5S/c1-14-5-3-7-17(11-14)21-19(23)13-27-20(24)16-8-9-18-15(12-16)6-4-10-22(18)28(2,25)26/h3,5,7-9,11-12H,4,6,10,13H2,1-2H3,(H,21,23). The largest absolute Gasteiger partial charge is 0.452 e. The highest BCUT2D eigenvalue weighted by molar-refractivity contribution is 7.92. The molecule has 0 saturated carbocycles. The van der Waals surface area contributed by atoms with E-state index in [1.54, 1.807) is 18.2 Å². The summed E-state index contributed by atoms with van der Waals surface area (Å²) in [6.45, 7) is 1.94. The Labute approximate surface area is 164 Å².